The fourth-order valence-corrected chi connectivity index (χ4v) is 2.78. The van der Waals surface area contributed by atoms with Crippen LogP contribution in [-0.4, -0.2) is 36.3 Å². The first-order chi connectivity index (χ1) is 11.7. The second-order valence-corrected chi connectivity index (χ2v) is 5.90. The first-order valence-electron chi connectivity index (χ1n) is 8.31. The number of hydrogen-bond donors (Lipinski definition) is 2. The third-order valence-electron chi connectivity index (χ3n) is 4.02. The molecule has 1 aliphatic heterocycles. The van der Waals surface area contributed by atoms with Crippen LogP contribution < -0.4 is 15.4 Å². The number of hydrogen-bond acceptors (Lipinski definition) is 6. The summed E-state index contributed by atoms with van der Waals surface area (Å²) in [7, 11) is 1.68. The molecule has 0 radical (unpaired) electrons. The maximum absolute atomic E-state index is 5.62. The van der Waals surface area contributed by atoms with E-state index in [9.17, 15) is 0 Å². The summed E-state index contributed by atoms with van der Waals surface area (Å²) in [5.74, 6) is 2.30. The minimum atomic E-state index is 0.263. The summed E-state index contributed by atoms with van der Waals surface area (Å²) in [5.41, 5.74) is 2.01. The Morgan fingerprint density at radius 1 is 1.25 bits per heavy atom. The Morgan fingerprint density at radius 2 is 2.12 bits per heavy atom. The van der Waals surface area contributed by atoms with Crippen LogP contribution in [-0.2, 0) is 11.3 Å². The number of methoxy groups -OCH3 is 1. The molecule has 2 N–H and O–H groups in total. The van der Waals surface area contributed by atoms with E-state index in [0.717, 1.165) is 48.8 Å². The molecule has 128 valence electrons. The zero-order valence-corrected chi connectivity index (χ0v) is 14.2. The van der Waals surface area contributed by atoms with Gasteiger partial charge in [0.05, 0.1) is 13.2 Å². The number of nitrogens with one attached hydrogen (secondary N) is 2. The molecule has 1 aromatic heterocycles. The van der Waals surface area contributed by atoms with Crippen molar-refractivity contribution in [3.8, 4) is 5.75 Å². The Labute approximate surface area is 142 Å². The molecule has 6 heteroatoms. The van der Waals surface area contributed by atoms with Crippen LogP contribution in [0.5, 0.6) is 5.75 Å². The van der Waals surface area contributed by atoms with Crippen molar-refractivity contribution in [3.63, 3.8) is 0 Å². The smallest absolute Gasteiger partial charge is 0.224 e. The van der Waals surface area contributed by atoms with Gasteiger partial charge in [0, 0.05) is 37.0 Å². The van der Waals surface area contributed by atoms with E-state index in [1.54, 1.807) is 7.11 Å². The highest BCUT2D eigenvalue weighted by molar-refractivity contribution is 5.44. The fraction of sp³-hybridized carbons (Fsp3) is 0.444. The molecule has 0 spiro atoms. The maximum Gasteiger partial charge on any atom is 0.224 e. The van der Waals surface area contributed by atoms with E-state index < -0.39 is 0 Å². The van der Waals surface area contributed by atoms with Gasteiger partial charge in [0.2, 0.25) is 5.95 Å². The first-order valence-corrected chi connectivity index (χ1v) is 8.31. The van der Waals surface area contributed by atoms with Gasteiger partial charge in [-0.3, -0.25) is 0 Å². The summed E-state index contributed by atoms with van der Waals surface area (Å²) in [5, 5.41) is 6.62. The van der Waals surface area contributed by atoms with Gasteiger partial charge in [0.15, 0.2) is 0 Å². The van der Waals surface area contributed by atoms with Crippen molar-refractivity contribution >= 4 is 11.8 Å². The molecule has 3 rings (SSSR count). The highest BCUT2D eigenvalue weighted by Gasteiger charge is 2.15. The number of rotatable bonds is 7. The number of benzene rings is 1. The molecule has 1 unspecified atom stereocenters. The number of ether oxygens (including phenoxy) is 2. The first kappa shape index (κ1) is 16.5. The molecule has 0 amide bonds. The van der Waals surface area contributed by atoms with Gasteiger partial charge in [0.25, 0.3) is 0 Å². The topological polar surface area (TPSA) is 68.3 Å². The SMILES string of the molecule is COc1ccccc1CNc1cc(C)nc(NCC2CCCO2)n1. The van der Waals surface area contributed by atoms with E-state index in [0.29, 0.717) is 12.5 Å². The predicted molar refractivity (Wildman–Crippen MR) is 94.6 cm³/mol. The van der Waals surface area contributed by atoms with Gasteiger partial charge >= 0.3 is 0 Å². The molecule has 0 aliphatic carbocycles. The minimum Gasteiger partial charge on any atom is -0.496 e. The standard InChI is InChI=1S/C18H24N4O2/c1-13-10-17(19-11-14-6-3-4-8-16(14)23-2)22-18(21-13)20-12-15-7-5-9-24-15/h3-4,6,8,10,15H,5,7,9,11-12H2,1-2H3,(H2,19,20,21,22). The third kappa shape index (κ3) is 4.35. The van der Waals surface area contributed by atoms with Crippen LogP contribution in [0.4, 0.5) is 11.8 Å². The van der Waals surface area contributed by atoms with Gasteiger partial charge in [-0.05, 0) is 25.8 Å². The van der Waals surface area contributed by atoms with Gasteiger partial charge < -0.3 is 20.1 Å². The number of para-hydroxylation sites is 1. The summed E-state index contributed by atoms with van der Waals surface area (Å²) < 4.78 is 11.0. The second-order valence-electron chi connectivity index (χ2n) is 5.90. The van der Waals surface area contributed by atoms with Crippen LogP contribution in [0.3, 0.4) is 0 Å². The van der Waals surface area contributed by atoms with Gasteiger partial charge in [-0.15, -0.1) is 0 Å². The Balaban J connectivity index is 1.62. The molecular formula is C18H24N4O2. The van der Waals surface area contributed by atoms with E-state index in [-0.39, 0.29) is 6.10 Å². The van der Waals surface area contributed by atoms with Gasteiger partial charge in [-0.2, -0.15) is 4.98 Å². The van der Waals surface area contributed by atoms with Crippen molar-refractivity contribution in [3.05, 3.63) is 41.6 Å². The quantitative estimate of drug-likeness (QED) is 0.814. The summed E-state index contributed by atoms with van der Waals surface area (Å²) in [6, 6.07) is 9.89. The second kappa shape index (κ2) is 7.97. The average molecular weight is 328 g/mol. The lowest BCUT2D eigenvalue weighted by Crippen LogP contribution is -2.20. The third-order valence-corrected chi connectivity index (χ3v) is 4.02. The summed E-state index contributed by atoms with van der Waals surface area (Å²) in [4.78, 5) is 8.98. The summed E-state index contributed by atoms with van der Waals surface area (Å²) >= 11 is 0. The van der Waals surface area contributed by atoms with Crippen molar-refractivity contribution in [1.82, 2.24) is 9.97 Å². The van der Waals surface area contributed by atoms with Crippen LogP contribution >= 0.6 is 0 Å². The lowest BCUT2D eigenvalue weighted by Gasteiger charge is -2.13. The Bertz CT molecular complexity index is 672. The van der Waals surface area contributed by atoms with Crippen LogP contribution in [0.15, 0.2) is 30.3 Å². The molecule has 6 nitrogen and oxygen atoms in total. The van der Waals surface area contributed by atoms with Crippen molar-refractivity contribution < 1.29 is 9.47 Å². The molecular weight excluding hydrogens is 304 g/mol. The molecule has 1 atom stereocenters. The molecule has 24 heavy (non-hydrogen) atoms. The van der Waals surface area contributed by atoms with Crippen LogP contribution in [0, 0.1) is 6.92 Å². The zero-order valence-electron chi connectivity index (χ0n) is 14.2. The van der Waals surface area contributed by atoms with Crippen LogP contribution in [0.25, 0.3) is 0 Å². The summed E-state index contributed by atoms with van der Waals surface area (Å²) in [6.45, 7) is 4.21. The molecule has 2 heterocycles. The van der Waals surface area contributed by atoms with E-state index in [1.807, 2.05) is 37.3 Å². The monoisotopic (exact) mass is 328 g/mol. The Morgan fingerprint density at radius 3 is 2.92 bits per heavy atom. The molecule has 1 saturated heterocycles. The van der Waals surface area contributed by atoms with E-state index in [4.69, 9.17) is 9.47 Å². The number of aromatic nitrogens is 2. The largest absolute Gasteiger partial charge is 0.496 e. The molecule has 1 aromatic carbocycles. The molecule has 0 saturated carbocycles. The normalized spacial score (nSPS) is 16.8. The van der Waals surface area contributed by atoms with E-state index in [2.05, 4.69) is 20.6 Å². The van der Waals surface area contributed by atoms with E-state index in [1.165, 1.54) is 0 Å². The average Bonchev–Trinajstić information content (AvgIpc) is 3.11. The van der Waals surface area contributed by atoms with Crippen molar-refractivity contribution in [2.24, 2.45) is 0 Å². The molecule has 2 aromatic rings. The molecule has 1 aliphatic rings. The zero-order chi connectivity index (χ0) is 16.8. The van der Waals surface area contributed by atoms with E-state index >= 15 is 0 Å². The van der Waals surface area contributed by atoms with Crippen LogP contribution in [0.2, 0.25) is 0 Å². The highest BCUT2D eigenvalue weighted by Crippen LogP contribution is 2.19. The van der Waals surface area contributed by atoms with Gasteiger partial charge in [-0.25, -0.2) is 4.98 Å². The van der Waals surface area contributed by atoms with Crippen LogP contribution in [0.1, 0.15) is 24.1 Å². The van der Waals surface area contributed by atoms with Crippen molar-refractivity contribution in [1.29, 1.82) is 0 Å². The predicted octanol–water partition coefficient (Wildman–Crippen LogP) is 3.00. The lowest BCUT2D eigenvalue weighted by atomic mass is 10.2. The number of nitrogens with zero attached hydrogens (tertiary/aromatic N) is 2. The molecule has 0 bridgehead atoms. The van der Waals surface area contributed by atoms with Crippen molar-refractivity contribution in [2.45, 2.75) is 32.4 Å². The minimum absolute atomic E-state index is 0.263. The highest BCUT2D eigenvalue weighted by atomic mass is 16.5. The lowest BCUT2D eigenvalue weighted by molar-refractivity contribution is 0.120. The number of anilines is 2. The number of aryl methyl sites for hydroxylation is 1. The van der Waals surface area contributed by atoms with Gasteiger partial charge in [0.1, 0.15) is 11.6 Å². The van der Waals surface area contributed by atoms with Crippen molar-refractivity contribution in [2.75, 3.05) is 30.9 Å². The van der Waals surface area contributed by atoms with Gasteiger partial charge in [-0.1, -0.05) is 18.2 Å². The Kier molecular flexibility index (Phi) is 5.48. The maximum atomic E-state index is 5.62. The fourth-order valence-electron chi connectivity index (χ4n) is 2.78. The summed E-state index contributed by atoms with van der Waals surface area (Å²) in [6.07, 6.45) is 2.49. The molecule has 1 fully saturated rings. The Hall–Kier alpha value is -2.34.